The predicted octanol–water partition coefficient (Wildman–Crippen LogP) is 2.88. The molecule has 5 nitrogen and oxygen atoms in total. The summed E-state index contributed by atoms with van der Waals surface area (Å²) in [4.78, 5) is 6.87. The van der Waals surface area contributed by atoms with Gasteiger partial charge < -0.3 is 15.4 Å². The lowest BCUT2D eigenvalue weighted by Crippen LogP contribution is -2.42. The van der Waals surface area contributed by atoms with E-state index >= 15 is 0 Å². The molecule has 1 unspecified atom stereocenters. The van der Waals surface area contributed by atoms with E-state index in [9.17, 15) is 13.2 Å². The fraction of sp³-hybridized carbons (Fsp3) is 0.632. The highest BCUT2D eigenvalue weighted by molar-refractivity contribution is 5.79. The largest absolute Gasteiger partial charge is 0.390 e. The molecule has 0 aromatic heterocycles. The molecule has 1 aliphatic rings. The zero-order valence-corrected chi connectivity index (χ0v) is 16.0. The Morgan fingerprint density at radius 3 is 2.44 bits per heavy atom. The van der Waals surface area contributed by atoms with Gasteiger partial charge in [-0.15, -0.1) is 0 Å². The first-order chi connectivity index (χ1) is 12.9. The number of aryl methyl sites for hydroxylation is 1. The number of morpholine rings is 1. The number of rotatable bonds is 7. The van der Waals surface area contributed by atoms with Crippen LogP contribution < -0.4 is 10.6 Å². The second kappa shape index (κ2) is 10.5. The van der Waals surface area contributed by atoms with E-state index in [0.717, 1.165) is 18.7 Å². The lowest BCUT2D eigenvalue weighted by molar-refractivity contribution is -0.132. The minimum absolute atomic E-state index is 0.0626. The molecule has 1 aromatic carbocycles. The van der Waals surface area contributed by atoms with Crippen molar-refractivity contribution in [2.75, 3.05) is 45.9 Å². The topological polar surface area (TPSA) is 48.9 Å². The summed E-state index contributed by atoms with van der Waals surface area (Å²) in [5.74, 6) is 0.409. The molecule has 1 aromatic rings. The lowest BCUT2D eigenvalue weighted by Gasteiger charge is -2.34. The van der Waals surface area contributed by atoms with E-state index in [0.29, 0.717) is 32.3 Å². The van der Waals surface area contributed by atoms with Crippen molar-refractivity contribution in [2.24, 2.45) is 4.99 Å². The smallest absolute Gasteiger partial charge is 0.379 e. The molecule has 2 rings (SSSR count). The first-order valence-corrected chi connectivity index (χ1v) is 9.36. The Kier molecular flexibility index (Phi) is 8.37. The molecule has 1 fully saturated rings. The molecular formula is C19H29F3N4O. The number of hydrogen-bond acceptors (Lipinski definition) is 3. The van der Waals surface area contributed by atoms with Crippen molar-refractivity contribution in [3.63, 3.8) is 0 Å². The van der Waals surface area contributed by atoms with Crippen LogP contribution in [0.3, 0.4) is 0 Å². The van der Waals surface area contributed by atoms with Crippen molar-refractivity contribution < 1.29 is 17.9 Å². The highest BCUT2D eigenvalue weighted by Gasteiger charge is 2.26. The van der Waals surface area contributed by atoms with Crippen LogP contribution in [0.1, 0.15) is 30.5 Å². The maximum Gasteiger partial charge on any atom is 0.390 e. The fourth-order valence-electron chi connectivity index (χ4n) is 2.95. The minimum atomic E-state index is -4.18. The normalized spacial score (nSPS) is 17.6. The number of hydrogen-bond donors (Lipinski definition) is 2. The molecule has 0 saturated carbocycles. The zero-order valence-electron chi connectivity index (χ0n) is 16.0. The molecule has 0 amide bonds. The van der Waals surface area contributed by atoms with Gasteiger partial charge in [-0.2, -0.15) is 13.2 Å². The molecule has 0 spiro atoms. The van der Waals surface area contributed by atoms with Gasteiger partial charge >= 0.3 is 6.18 Å². The fourth-order valence-corrected chi connectivity index (χ4v) is 2.95. The molecule has 8 heteroatoms. The van der Waals surface area contributed by atoms with Gasteiger partial charge in [0.25, 0.3) is 0 Å². The van der Waals surface area contributed by atoms with E-state index < -0.39 is 12.6 Å². The van der Waals surface area contributed by atoms with Crippen molar-refractivity contribution in [3.05, 3.63) is 35.4 Å². The van der Waals surface area contributed by atoms with E-state index in [4.69, 9.17) is 4.74 Å². The number of ether oxygens (including phenoxy) is 1. The van der Waals surface area contributed by atoms with Crippen LogP contribution in [0.25, 0.3) is 0 Å². The van der Waals surface area contributed by atoms with Gasteiger partial charge in [0.15, 0.2) is 5.96 Å². The van der Waals surface area contributed by atoms with Crippen LogP contribution in [-0.2, 0) is 4.74 Å². The number of alkyl halides is 3. The van der Waals surface area contributed by atoms with Crippen molar-refractivity contribution in [1.82, 2.24) is 15.5 Å². The van der Waals surface area contributed by atoms with Gasteiger partial charge in [0.1, 0.15) is 0 Å². The van der Waals surface area contributed by atoms with Gasteiger partial charge in [-0.05, 0) is 19.4 Å². The van der Waals surface area contributed by atoms with Crippen LogP contribution in [0.2, 0.25) is 0 Å². The standard InChI is InChI=1S/C19H29F3N4O/c1-3-23-18(24-9-8-19(20,21)22)25-14-17(26-10-12-27-13-11-26)16-6-4-15(2)5-7-16/h4-7,17H,3,8-14H2,1-2H3,(H2,23,24,25). The summed E-state index contributed by atoms with van der Waals surface area (Å²) in [6.45, 7) is 7.77. The molecular weight excluding hydrogens is 357 g/mol. The monoisotopic (exact) mass is 386 g/mol. The molecule has 0 aliphatic carbocycles. The third kappa shape index (κ3) is 7.76. The van der Waals surface area contributed by atoms with Crippen molar-refractivity contribution >= 4 is 5.96 Å². The van der Waals surface area contributed by atoms with Crippen LogP contribution in [0.4, 0.5) is 13.2 Å². The Bertz CT molecular complexity index is 584. The number of benzene rings is 1. The van der Waals surface area contributed by atoms with E-state index in [-0.39, 0.29) is 12.6 Å². The second-order valence-corrected chi connectivity index (χ2v) is 6.59. The van der Waals surface area contributed by atoms with Crippen LogP contribution in [0.15, 0.2) is 29.3 Å². The Balaban J connectivity index is 2.08. The number of aliphatic imine (C=N–C) groups is 1. The van der Waals surface area contributed by atoms with Crippen LogP contribution in [0, 0.1) is 6.92 Å². The molecule has 1 atom stereocenters. The number of nitrogens with one attached hydrogen (secondary N) is 2. The summed E-state index contributed by atoms with van der Waals surface area (Å²) in [5, 5.41) is 5.79. The predicted molar refractivity (Wildman–Crippen MR) is 101 cm³/mol. The van der Waals surface area contributed by atoms with E-state index in [1.54, 1.807) is 0 Å². The molecule has 2 N–H and O–H groups in total. The Morgan fingerprint density at radius 1 is 1.19 bits per heavy atom. The van der Waals surface area contributed by atoms with Gasteiger partial charge in [0, 0.05) is 26.2 Å². The number of nitrogens with zero attached hydrogens (tertiary/aromatic N) is 2. The Morgan fingerprint density at radius 2 is 1.85 bits per heavy atom. The van der Waals surface area contributed by atoms with Gasteiger partial charge in [0.2, 0.25) is 0 Å². The summed E-state index contributed by atoms with van der Waals surface area (Å²) in [6.07, 6.45) is -5.06. The highest BCUT2D eigenvalue weighted by atomic mass is 19.4. The first kappa shape index (κ1) is 21.5. The lowest BCUT2D eigenvalue weighted by atomic mass is 10.0. The zero-order chi connectivity index (χ0) is 19.7. The van der Waals surface area contributed by atoms with Gasteiger partial charge in [-0.1, -0.05) is 29.8 Å². The third-order valence-electron chi connectivity index (χ3n) is 4.42. The summed E-state index contributed by atoms with van der Waals surface area (Å²) >= 11 is 0. The molecule has 1 saturated heterocycles. The van der Waals surface area contributed by atoms with Gasteiger partial charge in [-0.3, -0.25) is 9.89 Å². The number of halogens is 3. The molecule has 27 heavy (non-hydrogen) atoms. The quantitative estimate of drug-likeness (QED) is 0.559. The van der Waals surface area contributed by atoms with E-state index in [1.807, 2.05) is 13.8 Å². The van der Waals surface area contributed by atoms with Gasteiger partial charge in [-0.25, -0.2) is 0 Å². The Labute approximate surface area is 159 Å². The van der Waals surface area contributed by atoms with Crippen LogP contribution in [-0.4, -0.2) is 63.0 Å². The molecule has 152 valence electrons. The van der Waals surface area contributed by atoms with Crippen molar-refractivity contribution in [1.29, 1.82) is 0 Å². The summed E-state index contributed by atoms with van der Waals surface area (Å²) in [7, 11) is 0. The molecule has 0 bridgehead atoms. The summed E-state index contributed by atoms with van der Waals surface area (Å²) < 4.78 is 42.6. The Hall–Kier alpha value is -1.80. The van der Waals surface area contributed by atoms with E-state index in [2.05, 4.69) is 44.8 Å². The van der Waals surface area contributed by atoms with Gasteiger partial charge in [0.05, 0.1) is 32.2 Å². The second-order valence-electron chi connectivity index (χ2n) is 6.59. The van der Waals surface area contributed by atoms with Crippen molar-refractivity contribution in [3.8, 4) is 0 Å². The SMILES string of the molecule is CCNC(=NCC(c1ccc(C)cc1)N1CCOCC1)NCCC(F)(F)F. The molecule has 1 heterocycles. The van der Waals surface area contributed by atoms with Crippen molar-refractivity contribution in [2.45, 2.75) is 32.5 Å². The summed E-state index contributed by atoms with van der Waals surface area (Å²) in [5.41, 5.74) is 2.34. The maximum absolute atomic E-state index is 12.4. The van der Waals surface area contributed by atoms with Crippen LogP contribution >= 0.6 is 0 Å². The highest BCUT2D eigenvalue weighted by Crippen LogP contribution is 2.23. The minimum Gasteiger partial charge on any atom is -0.379 e. The molecule has 0 radical (unpaired) electrons. The third-order valence-corrected chi connectivity index (χ3v) is 4.42. The number of guanidine groups is 1. The van der Waals surface area contributed by atoms with E-state index in [1.165, 1.54) is 5.56 Å². The average Bonchev–Trinajstić information content (AvgIpc) is 2.63. The summed E-state index contributed by atoms with van der Waals surface area (Å²) in [6, 6.07) is 8.38. The molecule has 1 aliphatic heterocycles. The maximum atomic E-state index is 12.4. The first-order valence-electron chi connectivity index (χ1n) is 9.36. The van der Waals surface area contributed by atoms with Crippen LogP contribution in [0.5, 0.6) is 0 Å². The average molecular weight is 386 g/mol.